The molecular formula is C19H25NS. The Labute approximate surface area is 132 Å². The van der Waals surface area contributed by atoms with Gasteiger partial charge in [0.1, 0.15) is 0 Å². The van der Waals surface area contributed by atoms with Gasteiger partial charge in [0, 0.05) is 17.3 Å². The summed E-state index contributed by atoms with van der Waals surface area (Å²) < 4.78 is 0.477. The molecule has 112 valence electrons. The van der Waals surface area contributed by atoms with E-state index in [1.54, 1.807) is 0 Å². The van der Waals surface area contributed by atoms with Gasteiger partial charge >= 0.3 is 0 Å². The molecule has 1 aliphatic rings. The van der Waals surface area contributed by atoms with Gasteiger partial charge < -0.3 is 5.32 Å². The Hall–Kier alpha value is -0.990. The van der Waals surface area contributed by atoms with Crippen LogP contribution in [0.5, 0.6) is 0 Å². The summed E-state index contributed by atoms with van der Waals surface area (Å²) in [6, 6.07) is 15.8. The molecule has 1 nitrogen and oxygen atoms in total. The van der Waals surface area contributed by atoms with Crippen LogP contribution < -0.4 is 5.32 Å². The molecule has 1 saturated carbocycles. The monoisotopic (exact) mass is 299 g/mol. The van der Waals surface area contributed by atoms with E-state index in [-0.39, 0.29) is 0 Å². The zero-order valence-corrected chi connectivity index (χ0v) is 13.9. The zero-order chi connectivity index (χ0) is 14.7. The number of fused-ring (bicyclic) bond motifs is 1. The molecule has 0 saturated heterocycles. The van der Waals surface area contributed by atoms with Gasteiger partial charge in [0.15, 0.2) is 0 Å². The van der Waals surface area contributed by atoms with Crippen molar-refractivity contribution in [2.45, 2.75) is 43.4 Å². The van der Waals surface area contributed by atoms with Gasteiger partial charge in [0.25, 0.3) is 0 Å². The highest BCUT2D eigenvalue weighted by Crippen LogP contribution is 2.40. The van der Waals surface area contributed by atoms with Crippen molar-refractivity contribution in [1.29, 1.82) is 0 Å². The SMILES string of the molecule is CSC1(CNC(C)c2ccc3ccccc3c2)CCCC1. The van der Waals surface area contributed by atoms with E-state index in [4.69, 9.17) is 0 Å². The van der Waals surface area contributed by atoms with Crippen LogP contribution in [0, 0.1) is 0 Å². The fourth-order valence-electron chi connectivity index (χ4n) is 3.41. The molecule has 3 rings (SSSR count). The molecule has 0 spiro atoms. The normalized spacial score (nSPS) is 19.0. The Morgan fingerprint density at radius 2 is 1.81 bits per heavy atom. The van der Waals surface area contributed by atoms with E-state index in [2.05, 4.69) is 72.7 Å². The average Bonchev–Trinajstić information content (AvgIpc) is 3.01. The molecule has 2 aromatic carbocycles. The molecule has 0 radical (unpaired) electrons. The van der Waals surface area contributed by atoms with Crippen molar-refractivity contribution >= 4 is 22.5 Å². The highest BCUT2D eigenvalue weighted by Gasteiger charge is 2.32. The summed E-state index contributed by atoms with van der Waals surface area (Å²) in [5.41, 5.74) is 1.39. The van der Waals surface area contributed by atoms with Gasteiger partial charge in [-0.1, -0.05) is 49.2 Å². The van der Waals surface area contributed by atoms with Gasteiger partial charge in [-0.05, 0) is 48.4 Å². The molecule has 2 aromatic rings. The molecule has 1 aliphatic carbocycles. The summed E-state index contributed by atoms with van der Waals surface area (Å²) in [5.74, 6) is 0. The molecule has 1 N–H and O–H groups in total. The van der Waals surface area contributed by atoms with Crippen LogP contribution in [0.4, 0.5) is 0 Å². The highest BCUT2D eigenvalue weighted by atomic mass is 32.2. The minimum absolute atomic E-state index is 0.416. The Morgan fingerprint density at radius 1 is 1.10 bits per heavy atom. The van der Waals surface area contributed by atoms with Crippen LogP contribution in [-0.4, -0.2) is 17.5 Å². The van der Waals surface area contributed by atoms with Crippen LogP contribution in [0.3, 0.4) is 0 Å². The van der Waals surface area contributed by atoms with Crippen LogP contribution >= 0.6 is 11.8 Å². The minimum atomic E-state index is 0.416. The number of benzene rings is 2. The van der Waals surface area contributed by atoms with E-state index in [1.807, 2.05) is 0 Å². The smallest absolute Gasteiger partial charge is 0.0292 e. The van der Waals surface area contributed by atoms with Crippen LogP contribution in [0.15, 0.2) is 42.5 Å². The van der Waals surface area contributed by atoms with Gasteiger partial charge in [0.2, 0.25) is 0 Å². The molecule has 0 aromatic heterocycles. The Balaban J connectivity index is 1.70. The lowest BCUT2D eigenvalue weighted by Crippen LogP contribution is -2.36. The molecule has 2 heteroatoms. The zero-order valence-electron chi connectivity index (χ0n) is 13.1. The molecule has 21 heavy (non-hydrogen) atoms. The predicted octanol–water partition coefficient (Wildman–Crippen LogP) is 5.17. The van der Waals surface area contributed by atoms with Crippen molar-refractivity contribution in [2.75, 3.05) is 12.8 Å². The predicted molar refractivity (Wildman–Crippen MR) is 95.1 cm³/mol. The summed E-state index contributed by atoms with van der Waals surface area (Å²) in [6.45, 7) is 3.41. The lowest BCUT2D eigenvalue weighted by atomic mass is 10.0. The number of hydrogen-bond acceptors (Lipinski definition) is 2. The minimum Gasteiger partial charge on any atom is -0.309 e. The van der Waals surface area contributed by atoms with Crippen LogP contribution in [0.25, 0.3) is 10.8 Å². The fourth-order valence-corrected chi connectivity index (χ4v) is 4.33. The molecule has 1 unspecified atom stereocenters. The van der Waals surface area contributed by atoms with Crippen LogP contribution in [0.1, 0.15) is 44.2 Å². The first-order chi connectivity index (χ1) is 10.2. The van der Waals surface area contributed by atoms with Crippen molar-refractivity contribution in [3.8, 4) is 0 Å². The maximum atomic E-state index is 3.78. The second kappa shape index (κ2) is 6.41. The Bertz CT molecular complexity index is 601. The first-order valence-corrected chi connectivity index (χ1v) is 9.22. The van der Waals surface area contributed by atoms with Crippen LogP contribution in [0.2, 0.25) is 0 Å². The maximum absolute atomic E-state index is 3.78. The maximum Gasteiger partial charge on any atom is 0.0292 e. The Morgan fingerprint density at radius 3 is 2.52 bits per heavy atom. The number of hydrogen-bond donors (Lipinski definition) is 1. The van der Waals surface area contributed by atoms with E-state index in [1.165, 1.54) is 42.0 Å². The second-order valence-corrected chi connectivity index (χ2v) is 7.58. The molecule has 1 fully saturated rings. The lowest BCUT2D eigenvalue weighted by Gasteiger charge is -2.29. The van der Waals surface area contributed by atoms with E-state index >= 15 is 0 Å². The summed E-state index contributed by atoms with van der Waals surface area (Å²) >= 11 is 2.06. The molecular weight excluding hydrogens is 274 g/mol. The third kappa shape index (κ3) is 3.27. The van der Waals surface area contributed by atoms with Gasteiger partial charge in [-0.15, -0.1) is 0 Å². The first-order valence-electron chi connectivity index (χ1n) is 8.00. The van der Waals surface area contributed by atoms with Crippen LogP contribution in [-0.2, 0) is 0 Å². The third-order valence-corrected chi connectivity index (χ3v) is 6.37. The lowest BCUT2D eigenvalue weighted by molar-refractivity contribution is 0.487. The van der Waals surface area contributed by atoms with Crippen molar-refractivity contribution in [3.05, 3.63) is 48.0 Å². The third-order valence-electron chi connectivity index (χ3n) is 4.95. The Kier molecular flexibility index (Phi) is 4.56. The van der Waals surface area contributed by atoms with E-state index in [0.29, 0.717) is 10.8 Å². The summed E-state index contributed by atoms with van der Waals surface area (Å²) in [7, 11) is 0. The molecule has 0 bridgehead atoms. The quantitative estimate of drug-likeness (QED) is 0.817. The summed E-state index contributed by atoms with van der Waals surface area (Å²) in [4.78, 5) is 0. The highest BCUT2D eigenvalue weighted by molar-refractivity contribution is 8.00. The second-order valence-electron chi connectivity index (χ2n) is 6.30. The van der Waals surface area contributed by atoms with Crippen molar-refractivity contribution in [3.63, 3.8) is 0 Å². The van der Waals surface area contributed by atoms with E-state index in [0.717, 1.165) is 6.54 Å². The number of nitrogens with one attached hydrogen (secondary N) is 1. The standard InChI is InChI=1S/C19H25NS/c1-15(20-14-19(21-2)11-5-6-12-19)17-10-9-16-7-3-4-8-18(16)13-17/h3-4,7-10,13,15,20H,5-6,11-12,14H2,1-2H3. The fraction of sp³-hybridized carbons (Fsp3) is 0.474. The molecule has 1 atom stereocenters. The van der Waals surface area contributed by atoms with Gasteiger partial charge in [0.05, 0.1) is 0 Å². The largest absolute Gasteiger partial charge is 0.309 e. The first kappa shape index (κ1) is 14.9. The van der Waals surface area contributed by atoms with Crippen molar-refractivity contribution < 1.29 is 0 Å². The van der Waals surface area contributed by atoms with Crippen molar-refractivity contribution in [1.82, 2.24) is 5.32 Å². The van der Waals surface area contributed by atoms with E-state index < -0.39 is 0 Å². The van der Waals surface area contributed by atoms with E-state index in [9.17, 15) is 0 Å². The average molecular weight is 299 g/mol. The van der Waals surface area contributed by atoms with Crippen molar-refractivity contribution in [2.24, 2.45) is 0 Å². The summed E-state index contributed by atoms with van der Waals surface area (Å²) in [6.07, 6.45) is 7.80. The molecule has 0 aliphatic heterocycles. The van der Waals surface area contributed by atoms with Gasteiger partial charge in [-0.3, -0.25) is 0 Å². The summed E-state index contributed by atoms with van der Waals surface area (Å²) in [5, 5.41) is 6.44. The van der Waals surface area contributed by atoms with Gasteiger partial charge in [-0.25, -0.2) is 0 Å². The number of thioether (sulfide) groups is 1. The molecule has 0 amide bonds. The molecule has 0 heterocycles. The van der Waals surface area contributed by atoms with Gasteiger partial charge in [-0.2, -0.15) is 11.8 Å². The number of rotatable bonds is 5. The topological polar surface area (TPSA) is 12.0 Å².